The number of benzene rings is 1. The molecule has 2 N–H and O–H groups in total. The molecule has 0 spiro atoms. The van der Waals surface area contributed by atoms with Crippen molar-refractivity contribution in [3.63, 3.8) is 0 Å². The van der Waals surface area contributed by atoms with E-state index in [0.29, 0.717) is 24.5 Å². The number of fused-ring (bicyclic) bond motifs is 1. The van der Waals surface area contributed by atoms with Gasteiger partial charge in [-0.1, -0.05) is 18.7 Å². The van der Waals surface area contributed by atoms with Gasteiger partial charge in [0.1, 0.15) is 29.7 Å². The van der Waals surface area contributed by atoms with Gasteiger partial charge in [0, 0.05) is 69.3 Å². The first-order chi connectivity index (χ1) is 18.6. The number of aliphatic hydroxyl groups excluding tert-OH is 1. The van der Waals surface area contributed by atoms with Gasteiger partial charge >= 0.3 is 0 Å². The van der Waals surface area contributed by atoms with E-state index in [9.17, 15) is 27.9 Å². The number of carbonyl (C=O) groups is 2. The Kier molecular flexibility index (Phi) is 7.39. The zero-order valence-corrected chi connectivity index (χ0v) is 21.9. The Balaban J connectivity index is 1.61. The molecule has 39 heavy (non-hydrogen) atoms. The number of piperidine rings is 1. The molecule has 208 valence electrons. The number of hydrogen-bond donors (Lipinski definition) is 2. The van der Waals surface area contributed by atoms with Crippen molar-refractivity contribution in [2.75, 3.05) is 26.2 Å². The molecule has 0 radical (unpaired) electrons. The van der Waals surface area contributed by atoms with Gasteiger partial charge in [0.2, 0.25) is 5.91 Å². The normalized spacial score (nSPS) is 26.2. The van der Waals surface area contributed by atoms with Gasteiger partial charge in [0.25, 0.3) is 5.91 Å². The van der Waals surface area contributed by atoms with Crippen LogP contribution in [0, 0.1) is 23.5 Å². The highest BCUT2D eigenvalue weighted by atomic mass is 19.1. The summed E-state index contributed by atoms with van der Waals surface area (Å²) in [6.07, 6.45) is 2.51. The fraction of sp³-hybridized carbons (Fsp3) is 0.464. The van der Waals surface area contributed by atoms with Crippen LogP contribution in [0.25, 0.3) is 11.3 Å². The molecule has 4 unspecified atom stereocenters. The van der Waals surface area contributed by atoms with Crippen LogP contribution in [0.3, 0.4) is 0 Å². The van der Waals surface area contributed by atoms with E-state index in [2.05, 4.69) is 11.9 Å². The molecule has 11 heteroatoms. The van der Waals surface area contributed by atoms with Crippen LogP contribution in [0.15, 0.2) is 48.7 Å². The minimum Gasteiger partial charge on any atom is -0.382 e. The summed E-state index contributed by atoms with van der Waals surface area (Å²) in [5, 5.41) is 13.8. The fourth-order valence-electron chi connectivity index (χ4n) is 5.94. The molecule has 3 aliphatic rings. The van der Waals surface area contributed by atoms with Crippen LogP contribution in [0.4, 0.5) is 13.2 Å². The molecule has 3 aliphatic heterocycles. The standard InChI is InChI=1S/C28H32F3N5O3/c1-4-5-15(2)10-35-14-23(19-8-18(29)6-7-21(19)30)33-27(35)25(17-11-34(12-17)16(3)37)36-13-20-22(31)9-32-24(20)26(38)28(36)39/h4-8,14,17,20,22,24-26,32,38H,2,9-13H2,1,3H3/b5-4-/t20?,22?,24?,25?,26-/m0/s1. The van der Waals surface area contributed by atoms with Crippen molar-refractivity contribution < 1.29 is 27.9 Å². The van der Waals surface area contributed by atoms with E-state index < -0.39 is 47.8 Å². The summed E-state index contributed by atoms with van der Waals surface area (Å²) >= 11 is 0. The van der Waals surface area contributed by atoms with Gasteiger partial charge in [0.15, 0.2) is 0 Å². The lowest BCUT2D eigenvalue weighted by Crippen LogP contribution is -2.63. The van der Waals surface area contributed by atoms with E-state index in [1.54, 1.807) is 21.7 Å². The zero-order valence-electron chi connectivity index (χ0n) is 21.9. The van der Waals surface area contributed by atoms with E-state index in [-0.39, 0.29) is 42.7 Å². The van der Waals surface area contributed by atoms with Crippen LogP contribution >= 0.6 is 0 Å². The Morgan fingerprint density at radius 1 is 1.31 bits per heavy atom. The summed E-state index contributed by atoms with van der Waals surface area (Å²) < 4.78 is 45.4. The number of rotatable bonds is 7. The van der Waals surface area contributed by atoms with Gasteiger partial charge in [-0.3, -0.25) is 9.59 Å². The topological polar surface area (TPSA) is 90.7 Å². The van der Waals surface area contributed by atoms with Gasteiger partial charge in [-0.25, -0.2) is 18.2 Å². The molecule has 2 aromatic rings. The summed E-state index contributed by atoms with van der Waals surface area (Å²) in [7, 11) is 0. The highest BCUT2D eigenvalue weighted by molar-refractivity contribution is 5.83. The molecule has 0 bridgehead atoms. The molecular formula is C28H32F3N5O3. The van der Waals surface area contributed by atoms with E-state index in [0.717, 1.165) is 18.2 Å². The third-order valence-corrected chi connectivity index (χ3v) is 7.95. The number of alkyl halides is 1. The predicted octanol–water partition coefficient (Wildman–Crippen LogP) is 2.61. The lowest BCUT2D eigenvalue weighted by atomic mass is 9.84. The Morgan fingerprint density at radius 2 is 2.05 bits per heavy atom. The molecule has 0 aliphatic carbocycles. The van der Waals surface area contributed by atoms with E-state index >= 15 is 0 Å². The Bertz CT molecular complexity index is 1320. The van der Waals surface area contributed by atoms with Gasteiger partial charge in [0.05, 0.1) is 11.7 Å². The molecular weight excluding hydrogens is 511 g/mol. The second-order valence-corrected chi connectivity index (χ2v) is 10.6. The number of likely N-dealkylation sites (tertiary alicyclic amines) is 2. The first kappa shape index (κ1) is 27.1. The van der Waals surface area contributed by atoms with Gasteiger partial charge in [-0.15, -0.1) is 0 Å². The number of aromatic nitrogens is 2. The quantitative estimate of drug-likeness (QED) is 0.524. The second-order valence-electron chi connectivity index (χ2n) is 10.6. The van der Waals surface area contributed by atoms with Crippen molar-refractivity contribution in [3.8, 4) is 11.3 Å². The number of amides is 2. The average molecular weight is 544 g/mol. The molecule has 4 heterocycles. The summed E-state index contributed by atoms with van der Waals surface area (Å²) in [4.78, 5) is 33.3. The SMILES string of the molecule is C=C(/C=C\C)Cn1cc(-c2cc(F)ccc2F)nc1C(C1CN(C(C)=O)C1)N1CC2C(F)CNC2[C@H](O)C1=O. The van der Waals surface area contributed by atoms with Crippen molar-refractivity contribution in [1.82, 2.24) is 24.7 Å². The van der Waals surface area contributed by atoms with Crippen LogP contribution in [0.1, 0.15) is 25.7 Å². The lowest BCUT2D eigenvalue weighted by molar-refractivity contribution is -0.157. The van der Waals surface area contributed by atoms with Crippen molar-refractivity contribution in [2.45, 2.75) is 44.8 Å². The number of hydrogen-bond acceptors (Lipinski definition) is 5. The molecule has 3 saturated heterocycles. The smallest absolute Gasteiger partial charge is 0.253 e. The highest BCUT2D eigenvalue weighted by Crippen LogP contribution is 2.40. The van der Waals surface area contributed by atoms with Gasteiger partial charge in [-0.2, -0.15) is 0 Å². The number of aliphatic hydroxyl groups is 1. The number of carbonyl (C=O) groups excluding carboxylic acids is 2. The van der Waals surface area contributed by atoms with Crippen molar-refractivity contribution in [1.29, 1.82) is 0 Å². The molecule has 0 saturated carbocycles. The molecule has 8 nitrogen and oxygen atoms in total. The third kappa shape index (κ3) is 5.00. The maximum atomic E-state index is 14.8. The summed E-state index contributed by atoms with van der Waals surface area (Å²) in [6, 6.07) is 1.66. The fourth-order valence-corrected chi connectivity index (χ4v) is 5.94. The maximum absolute atomic E-state index is 14.8. The minimum absolute atomic E-state index is 0.0422. The largest absolute Gasteiger partial charge is 0.382 e. The van der Waals surface area contributed by atoms with Crippen molar-refractivity contribution >= 4 is 11.8 Å². The summed E-state index contributed by atoms with van der Waals surface area (Å²) in [5.74, 6) is -2.49. The number of nitrogens with zero attached hydrogens (tertiary/aromatic N) is 4. The molecule has 5 rings (SSSR count). The first-order valence-electron chi connectivity index (χ1n) is 13.0. The van der Waals surface area contributed by atoms with Crippen LogP contribution in [-0.2, 0) is 16.1 Å². The number of nitrogens with one attached hydrogen (secondary N) is 1. The van der Waals surface area contributed by atoms with Crippen LogP contribution in [-0.4, -0.2) is 80.8 Å². The second kappa shape index (κ2) is 10.6. The third-order valence-electron chi connectivity index (χ3n) is 7.95. The van der Waals surface area contributed by atoms with E-state index in [1.807, 2.05) is 13.0 Å². The molecule has 3 fully saturated rings. The van der Waals surface area contributed by atoms with Gasteiger partial charge in [-0.05, 0) is 30.7 Å². The predicted molar refractivity (Wildman–Crippen MR) is 138 cm³/mol. The van der Waals surface area contributed by atoms with E-state index in [1.165, 1.54) is 11.8 Å². The van der Waals surface area contributed by atoms with Crippen molar-refractivity contribution in [3.05, 3.63) is 66.2 Å². The molecule has 5 atom stereocenters. The maximum Gasteiger partial charge on any atom is 0.253 e. The average Bonchev–Trinajstić information content (AvgIpc) is 3.43. The lowest BCUT2D eigenvalue weighted by Gasteiger charge is -2.49. The summed E-state index contributed by atoms with van der Waals surface area (Å²) in [6.45, 7) is 8.35. The Hall–Kier alpha value is -3.44. The number of imidazole rings is 1. The first-order valence-corrected chi connectivity index (χ1v) is 13.0. The monoisotopic (exact) mass is 543 g/mol. The number of allylic oxidation sites excluding steroid dienone is 3. The molecule has 1 aromatic carbocycles. The molecule has 2 amide bonds. The zero-order chi connectivity index (χ0) is 28.0. The van der Waals surface area contributed by atoms with E-state index in [4.69, 9.17) is 4.98 Å². The summed E-state index contributed by atoms with van der Waals surface area (Å²) in [5.41, 5.74) is 0.823. The van der Waals surface area contributed by atoms with Crippen LogP contribution < -0.4 is 5.32 Å². The van der Waals surface area contributed by atoms with Crippen LogP contribution in [0.5, 0.6) is 0 Å². The number of halogens is 3. The Labute approximate surface area is 224 Å². The highest BCUT2D eigenvalue weighted by Gasteiger charge is 2.53. The van der Waals surface area contributed by atoms with Gasteiger partial charge < -0.3 is 24.8 Å². The van der Waals surface area contributed by atoms with Crippen LogP contribution in [0.2, 0.25) is 0 Å². The van der Waals surface area contributed by atoms with Crippen molar-refractivity contribution in [2.24, 2.45) is 11.8 Å². The minimum atomic E-state index is -1.45. The molecule has 1 aromatic heterocycles. The Morgan fingerprint density at radius 3 is 2.74 bits per heavy atom.